The second kappa shape index (κ2) is 9.10. The number of ether oxygens (including phenoxy) is 1. The van der Waals surface area contributed by atoms with E-state index in [2.05, 4.69) is 10.0 Å². The van der Waals surface area contributed by atoms with E-state index >= 15 is 0 Å². The fourth-order valence-electron chi connectivity index (χ4n) is 2.23. The van der Waals surface area contributed by atoms with E-state index in [1.54, 1.807) is 19.2 Å². The molecule has 0 saturated carbocycles. The van der Waals surface area contributed by atoms with Gasteiger partial charge in [0.25, 0.3) is 0 Å². The molecule has 0 fully saturated rings. The Hall–Kier alpha value is -1.74. The maximum atomic E-state index is 12.4. The zero-order valence-electron chi connectivity index (χ0n) is 14.2. The molecule has 0 radical (unpaired) electrons. The van der Waals surface area contributed by atoms with E-state index in [1.807, 2.05) is 23.8 Å². The molecule has 0 spiro atoms. The minimum Gasteiger partial charge on any atom is -0.375 e. The van der Waals surface area contributed by atoms with Gasteiger partial charge in [0.2, 0.25) is 15.9 Å². The van der Waals surface area contributed by atoms with Gasteiger partial charge in [0, 0.05) is 25.8 Å². The van der Waals surface area contributed by atoms with Gasteiger partial charge in [-0.25, -0.2) is 13.1 Å². The first kappa shape index (κ1) is 19.6. The molecule has 2 rings (SSSR count). The van der Waals surface area contributed by atoms with Crippen LogP contribution in [0.5, 0.6) is 0 Å². The lowest BCUT2D eigenvalue weighted by Crippen LogP contribution is -2.29. The Morgan fingerprint density at radius 2 is 1.96 bits per heavy atom. The maximum Gasteiger partial charge on any atom is 0.240 e. The van der Waals surface area contributed by atoms with E-state index in [-0.39, 0.29) is 23.5 Å². The molecule has 6 nitrogen and oxygen atoms in total. The van der Waals surface area contributed by atoms with Gasteiger partial charge in [-0.2, -0.15) is 11.3 Å². The van der Waals surface area contributed by atoms with Crippen LogP contribution in [-0.2, 0) is 19.6 Å². The average Bonchev–Trinajstić information content (AvgIpc) is 3.10. The summed E-state index contributed by atoms with van der Waals surface area (Å²) < 4.78 is 32.7. The van der Waals surface area contributed by atoms with Crippen LogP contribution in [0.2, 0.25) is 0 Å². The molecule has 136 valence electrons. The van der Waals surface area contributed by atoms with Crippen LogP contribution in [0.3, 0.4) is 0 Å². The summed E-state index contributed by atoms with van der Waals surface area (Å²) in [5.41, 5.74) is 1.51. The van der Waals surface area contributed by atoms with Gasteiger partial charge >= 0.3 is 0 Å². The monoisotopic (exact) mass is 382 g/mol. The SMILES string of the molecule is CCCC(=O)Nc1ccc(S(=O)(=O)NCC(OC)c2ccsc2)cc1. The van der Waals surface area contributed by atoms with E-state index < -0.39 is 10.0 Å². The Morgan fingerprint density at radius 1 is 1.24 bits per heavy atom. The Kier molecular flexibility index (Phi) is 7.12. The summed E-state index contributed by atoms with van der Waals surface area (Å²) in [6.07, 6.45) is 0.851. The van der Waals surface area contributed by atoms with Crippen molar-refractivity contribution in [2.24, 2.45) is 0 Å². The predicted molar refractivity (Wildman–Crippen MR) is 99.2 cm³/mol. The molecular formula is C17H22N2O4S2. The van der Waals surface area contributed by atoms with Gasteiger partial charge in [0.15, 0.2) is 0 Å². The van der Waals surface area contributed by atoms with Gasteiger partial charge in [0.1, 0.15) is 0 Å². The number of amides is 1. The number of thiophene rings is 1. The van der Waals surface area contributed by atoms with Crippen LogP contribution in [0.1, 0.15) is 31.4 Å². The molecule has 1 atom stereocenters. The van der Waals surface area contributed by atoms with Crippen molar-refractivity contribution in [3.63, 3.8) is 0 Å². The Bertz CT molecular complexity index is 771. The molecule has 2 aromatic rings. The van der Waals surface area contributed by atoms with Crippen LogP contribution in [0, 0.1) is 0 Å². The van der Waals surface area contributed by atoms with Crippen molar-refractivity contribution in [2.45, 2.75) is 30.8 Å². The fraction of sp³-hybridized carbons (Fsp3) is 0.353. The molecule has 0 aliphatic heterocycles. The summed E-state index contributed by atoms with van der Waals surface area (Å²) in [5.74, 6) is -0.0880. The molecule has 1 aromatic carbocycles. The lowest BCUT2D eigenvalue weighted by molar-refractivity contribution is -0.116. The third kappa shape index (κ3) is 5.64. The predicted octanol–water partition coefficient (Wildman–Crippen LogP) is 3.15. The number of hydrogen-bond acceptors (Lipinski definition) is 5. The first-order valence-electron chi connectivity index (χ1n) is 7.90. The standard InChI is InChI=1S/C17H22N2O4S2/c1-3-4-17(20)19-14-5-7-15(8-6-14)25(21,22)18-11-16(23-2)13-9-10-24-12-13/h5-10,12,16,18H,3-4,11H2,1-2H3,(H,19,20). The average molecular weight is 383 g/mol. The van der Waals surface area contributed by atoms with Gasteiger partial charge < -0.3 is 10.1 Å². The van der Waals surface area contributed by atoms with Gasteiger partial charge in [-0.05, 0) is 53.1 Å². The van der Waals surface area contributed by atoms with Crippen molar-refractivity contribution in [3.8, 4) is 0 Å². The van der Waals surface area contributed by atoms with E-state index in [0.717, 1.165) is 12.0 Å². The molecular weight excluding hydrogens is 360 g/mol. The Balaban J connectivity index is 2.00. The van der Waals surface area contributed by atoms with Crippen LogP contribution < -0.4 is 10.0 Å². The summed E-state index contributed by atoms with van der Waals surface area (Å²) in [6.45, 7) is 2.06. The minimum absolute atomic E-state index is 0.0880. The number of rotatable bonds is 9. The van der Waals surface area contributed by atoms with Gasteiger partial charge in [-0.1, -0.05) is 6.92 Å². The van der Waals surface area contributed by atoms with E-state index in [0.29, 0.717) is 12.1 Å². The minimum atomic E-state index is -3.65. The smallest absolute Gasteiger partial charge is 0.240 e. The quantitative estimate of drug-likeness (QED) is 0.698. The zero-order chi connectivity index (χ0) is 18.3. The van der Waals surface area contributed by atoms with E-state index in [9.17, 15) is 13.2 Å². The van der Waals surface area contributed by atoms with Crippen molar-refractivity contribution >= 4 is 33.0 Å². The van der Waals surface area contributed by atoms with E-state index in [4.69, 9.17) is 4.74 Å². The summed E-state index contributed by atoms with van der Waals surface area (Å²) >= 11 is 1.53. The van der Waals surface area contributed by atoms with Crippen molar-refractivity contribution in [1.29, 1.82) is 0 Å². The molecule has 2 N–H and O–H groups in total. The lowest BCUT2D eigenvalue weighted by Gasteiger charge is -2.15. The summed E-state index contributed by atoms with van der Waals surface area (Å²) in [5, 5.41) is 6.57. The Labute approximate surface area is 152 Å². The number of carbonyl (C=O) groups is 1. The van der Waals surface area contributed by atoms with E-state index in [1.165, 1.54) is 23.5 Å². The third-order valence-corrected chi connectivity index (χ3v) is 5.72. The van der Waals surface area contributed by atoms with Crippen LogP contribution >= 0.6 is 11.3 Å². The van der Waals surface area contributed by atoms with Gasteiger partial charge in [0.05, 0.1) is 11.0 Å². The number of anilines is 1. The molecule has 0 bridgehead atoms. The number of benzene rings is 1. The zero-order valence-corrected chi connectivity index (χ0v) is 15.8. The first-order chi connectivity index (χ1) is 12.0. The van der Waals surface area contributed by atoms with Gasteiger partial charge in [-0.15, -0.1) is 0 Å². The molecule has 0 aliphatic rings. The van der Waals surface area contributed by atoms with Gasteiger partial charge in [-0.3, -0.25) is 4.79 Å². The molecule has 0 aliphatic carbocycles. The normalized spacial score (nSPS) is 12.7. The highest BCUT2D eigenvalue weighted by Crippen LogP contribution is 2.20. The molecule has 1 amide bonds. The number of nitrogens with one attached hydrogen (secondary N) is 2. The third-order valence-electron chi connectivity index (χ3n) is 3.58. The molecule has 1 aromatic heterocycles. The van der Waals surface area contributed by atoms with Crippen molar-refractivity contribution < 1.29 is 17.9 Å². The highest BCUT2D eigenvalue weighted by Gasteiger charge is 2.18. The highest BCUT2D eigenvalue weighted by molar-refractivity contribution is 7.89. The maximum absolute atomic E-state index is 12.4. The van der Waals surface area contributed by atoms with Crippen molar-refractivity contribution in [3.05, 3.63) is 46.7 Å². The summed E-state index contributed by atoms with van der Waals surface area (Å²) in [4.78, 5) is 11.7. The largest absolute Gasteiger partial charge is 0.375 e. The van der Waals surface area contributed by atoms with Crippen LogP contribution in [0.15, 0.2) is 46.0 Å². The number of sulfonamides is 1. The van der Waals surface area contributed by atoms with Crippen LogP contribution in [0.25, 0.3) is 0 Å². The van der Waals surface area contributed by atoms with Crippen molar-refractivity contribution in [2.75, 3.05) is 19.0 Å². The fourth-order valence-corrected chi connectivity index (χ4v) is 3.97. The van der Waals surface area contributed by atoms with Crippen LogP contribution in [-0.4, -0.2) is 28.0 Å². The molecule has 8 heteroatoms. The number of carbonyl (C=O) groups excluding carboxylic acids is 1. The van der Waals surface area contributed by atoms with Crippen LogP contribution in [0.4, 0.5) is 5.69 Å². The molecule has 1 heterocycles. The van der Waals surface area contributed by atoms with Crippen molar-refractivity contribution in [1.82, 2.24) is 4.72 Å². The summed E-state index contributed by atoms with van der Waals surface area (Å²) in [7, 11) is -2.11. The highest BCUT2D eigenvalue weighted by atomic mass is 32.2. The second-order valence-electron chi connectivity index (χ2n) is 5.46. The topological polar surface area (TPSA) is 84.5 Å². The second-order valence-corrected chi connectivity index (χ2v) is 8.00. The number of methoxy groups -OCH3 is 1. The molecule has 25 heavy (non-hydrogen) atoms. The molecule has 1 unspecified atom stereocenters. The lowest BCUT2D eigenvalue weighted by atomic mass is 10.2. The first-order valence-corrected chi connectivity index (χ1v) is 10.3. The summed E-state index contributed by atoms with van der Waals surface area (Å²) in [6, 6.07) is 8.00. The Morgan fingerprint density at radius 3 is 2.52 bits per heavy atom. The molecule has 0 saturated heterocycles. The number of hydrogen-bond donors (Lipinski definition) is 2.